The van der Waals surface area contributed by atoms with Crippen molar-refractivity contribution in [1.82, 2.24) is 14.7 Å². The van der Waals surface area contributed by atoms with E-state index in [-0.39, 0.29) is 5.91 Å². The molecule has 0 saturated heterocycles. The molecule has 1 aromatic heterocycles. The summed E-state index contributed by atoms with van der Waals surface area (Å²) in [6.07, 6.45) is 0.152. The third-order valence-corrected chi connectivity index (χ3v) is 5.87. The SMILES string of the molecule is Cc1nn(Cc2ccccc2Cl)c(C)c1CN(C)C(=O)[C@@H]1Cc2ccccc2O1. The van der Waals surface area contributed by atoms with Gasteiger partial charge in [-0.15, -0.1) is 0 Å². The summed E-state index contributed by atoms with van der Waals surface area (Å²) in [6.45, 7) is 5.11. The number of para-hydroxylation sites is 1. The highest BCUT2D eigenvalue weighted by Gasteiger charge is 2.31. The molecular formula is C23H24ClN3O2. The second-order valence-corrected chi connectivity index (χ2v) is 7.92. The molecule has 1 aliphatic rings. The molecule has 0 bridgehead atoms. The first-order chi connectivity index (χ1) is 13.9. The van der Waals surface area contributed by atoms with E-state index < -0.39 is 6.10 Å². The van der Waals surface area contributed by atoms with E-state index in [9.17, 15) is 4.79 Å². The highest BCUT2D eigenvalue weighted by molar-refractivity contribution is 6.31. The summed E-state index contributed by atoms with van der Waals surface area (Å²) in [4.78, 5) is 14.7. The lowest BCUT2D eigenvalue weighted by molar-refractivity contribution is -0.137. The minimum absolute atomic E-state index is 0.0150. The van der Waals surface area contributed by atoms with Gasteiger partial charge in [0.1, 0.15) is 5.75 Å². The Morgan fingerprint density at radius 3 is 2.69 bits per heavy atom. The quantitative estimate of drug-likeness (QED) is 0.635. The van der Waals surface area contributed by atoms with Gasteiger partial charge in [0.05, 0.1) is 12.2 Å². The molecule has 0 N–H and O–H groups in total. The third kappa shape index (κ3) is 3.87. The molecule has 2 aromatic carbocycles. The van der Waals surface area contributed by atoms with Gasteiger partial charge in [-0.1, -0.05) is 48.0 Å². The summed E-state index contributed by atoms with van der Waals surface area (Å²) >= 11 is 6.30. The van der Waals surface area contributed by atoms with Crippen LogP contribution in [0.1, 0.15) is 28.1 Å². The van der Waals surface area contributed by atoms with Gasteiger partial charge in [-0.25, -0.2) is 0 Å². The fourth-order valence-electron chi connectivity index (χ4n) is 3.79. The molecule has 150 valence electrons. The number of halogens is 1. The van der Waals surface area contributed by atoms with Crippen LogP contribution in [0.3, 0.4) is 0 Å². The van der Waals surface area contributed by atoms with Gasteiger partial charge in [0.25, 0.3) is 5.91 Å². The first-order valence-corrected chi connectivity index (χ1v) is 10.1. The zero-order chi connectivity index (χ0) is 20.5. The summed E-state index contributed by atoms with van der Waals surface area (Å²) < 4.78 is 7.81. The van der Waals surface area contributed by atoms with Gasteiger partial charge in [-0.2, -0.15) is 5.10 Å². The molecule has 6 heteroatoms. The molecule has 5 nitrogen and oxygen atoms in total. The van der Waals surface area contributed by atoms with Crippen LogP contribution in [-0.2, 0) is 24.3 Å². The average Bonchev–Trinajstić information content (AvgIpc) is 3.25. The topological polar surface area (TPSA) is 47.4 Å². The first-order valence-electron chi connectivity index (χ1n) is 9.70. The van der Waals surface area contributed by atoms with Crippen molar-refractivity contribution >= 4 is 17.5 Å². The van der Waals surface area contributed by atoms with Crippen molar-refractivity contribution in [3.05, 3.63) is 81.6 Å². The van der Waals surface area contributed by atoms with Gasteiger partial charge in [0.2, 0.25) is 0 Å². The van der Waals surface area contributed by atoms with Gasteiger partial charge in [-0.05, 0) is 37.1 Å². The number of amides is 1. The molecular weight excluding hydrogens is 386 g/mol. The number of rotatable bonds is 5. The molecule has 0 fully saturated rings. The van der Waals surface area contributed by atoms with Gasteiger partial charge in [0, 0.05) is 36.3 Å². The number of nitrogens with zero attached hydrogens (tertiary/aromatic N) is 3. The maximum atomic E-state index is 12.9. The van der Waals surface area contributed by atoms with Crippen LogP contribution in [-0.4, -0.2) is 33.7 Å². The van der Waals surface area contributed by atoms with Crippen molar-refractivity contribution in [2.45, 2.75) is 39.5 Å². The van der Waals surface area contributed by atoms with Crippen LogP contribution < -0.4 is 4.74 Å². The molecule has 0 aliphatic carbocycles. The lowest BCUT2D eigenvalue weighted by Crippen LogP contribution is -2.38. The van der Waals surface area contributed by atoms with E-state index in [4.69, 9.17) is 16.3 Å². The van der Waals surface area contributed by atoms with Crippen molar-refractivity contribution in [1.29, 1.82) is 0 Å². The van der Waals surface area contributed by atoms with Crippen LogP contribution >= 0.6 is 11.6 Å². The molecule has 29 heavy (non-hydrogen) atoms. The predicted octanol–water partition coefficient (Wildman–Crippen LogP) is 4.16. The zero-order valence-corrected chi connectivity index (χ0v) is 17.6. The molecule has 1 amide bonds. The molecule has 0 radical (unpaired) electrons. The van der Waals surface area contributed by atoms with Gasteiger partial charge < -0.3 is 9.64 Å². The summed E-state index contributed by atoms with van der Waals surface area (Å²) in [5.41, 5.74) is 5.12. The third-order valence-electron chi connectivity index (χ3n) is 5.50. The fourth-order valence-corrected chi connectivity index (χ4v) is 3.98. The monoisotopic (exact) mass is 409 g/mol. The maximum absolute atomic E-state index is 12.9. The lowest BCUT2D eigenvalue weighted by Gasteiger charge is -2.21. The Bertz CT molecular complexity index is 1040. The molecule has 0 saturated carbocycles. The van der Waals surface area contributed by atoms with Crippen LogP contribution in [0, 0.1) is 13.8 Å². The Balaban J connectivity index is 1.47. The molecule has 3 aromatic rings. The largest absolute Gasteiger partial charge is 0.480 e. The molecule has 2 heterocycles. The Kier molecular flexibility index (Phi) is 5.33. The average molecular weight is 410 g/mol. The second-order valence-electron chi connectivity index (χ2n) is 7.51. The number of hydrogen-bond donors (Lipinski definition) is 0. The predicted molar refractivity (Wildman–Crippen MR) is 113 cm³/mol. The molecule has 0 spiro atoms. The van der Waals surface area contributed by atoms with Crippen molar-refractivity contribution in [3.8, 4) is 5.75 Å². The number of fused-ring (bicyclic) bond motifs is 1. The molecule has 4 rings (SSSR count). The Labute approximate surface area is 175 Å². The number of ether oxygens (including phenoxy) is 1. The highest BCUT2D eigenvalue weighted by Crippen LogP contribution is 2.29. The van der Waals surface area contributed by atoms with E-state index in [2.05, 4.69) is 5.10 Å². The number of carbonyl (C=O) groups is 1. The van der Waals surface area contributed by atoms with Crippen molar-refractivity contribution in [3.63, 3.8) is 0 Å². The number of aromatic nitrogens is 2. The number of benzene rings is 2. The van der Waals surface area contributed by atoms with Crippen molar-refractivity contribution in [2.24, 2.45) is 0 Å². The summed E-state index contributed by atoms with van der Waals surface area (Å²) in [5.74, 6) is 0.790. The standard InChI is InChI=1S/C23H24ClN3O2/c1-15-19(16(2)27(25-15)13-18-9-4-6-10-20(18)24)14-26(3)23(28)22-12-17-8-5-7-11-21(17)29-22/h4-11,22H,12-14H2,1-3H3/t22-/m0/s1. The minimum atomic E-state index is -0.462. The van der Waals surface area contributed by atoms with E-state index in [1.807, 2.05) is 74.1 Å². The van der Waals surface area contributed by atoms with E-state index in [0.29, 0.717) is 19.5 Å². The van der Waals surface area contributed by atoms with Crippen LogP contribution in [0.5, 0.6) is 5.75 Å². The van der Waals surface area contributed by atoms with E-state index in [1.54, 1.807) is 4.90 Å². The van der Waals surface area contributed by atoms with E-state index in [1.165, 1.54) is 0 Å². The maximum Gasteiger partial charge on any atom is 0.264 e. The summed E-state index contributed by atoms with van der Waals surface area (Å²) in [6, 6.07) is 15.6. The van der Waals surface area contributed by atoms with Gasteiger partial charge >= 0.3 is 0 Å². The van der Waals surface area contributed by atoms with Gasteiger partial charge in [0.15, 0.2) is 6.10 Å². The van der Waals surface area contributed by atoms with E-state index in [0.717, 1.165) is 38.9 Å². The van der Waals surface area contributed by atoms with Crippen LogP contribution in [0.4, 0.5) is 0 Å². The smallest absolute Gasteiger partial charge is 0.264 e. The van der Waals surface area contributed by atoms with E-state index >= 15 is 0 Å². The normalized spacial score (nSPS) is 15.1. The van der Waals surface area contributed by atoms with Crippen LogP contribution in [0.25, 0.3) is 0 Å². The molecule has 1 atom stereocenters. The number of aryl methyl sites for hydroxylation is 1. The summed E-state index contributed by atoms with van der Waals surface area (Å²) in [5, 5.41) is 5.41. The minimum Gasteiger partial charge on any atom is -0.480 e. The van der Waals surface area contributed by atoms with Crippen molar-refractivity contribution < 1.29 is 9.53 Å². The van der Waals surface area contributed by atoms with Crippen molar-refractivity contribution in [2.75, 3.05) is 7.05 Å². The number of carbonyl (C=O) groups excluding carboxylic acids is 1. The number of likely N-dealkylation sites (N-methyl/N-ethyl adjacent to an activating group) is 1. The Morgan fingerprint density at radius 2 is 1.93 bits per heavy atom. The summed E-state index contributed by atoms with van der Waals surface area (Å²) in [7, 11) is 1.82. The zero-order valence-electron chi connectivity index (χ0n) is 16.9. The fraction of sp³-hybridized carbons (Fsp3) is 0.304. The highest BCUT2D eigenvalue weighted by atomic mass is 35.5. The first kappa shape index (κ1) is 19.5. The Hall–Kier alpha value is -2.79. The van der Waals surface area contributed by atoms with Crippen LogP contribution in [0.15, 0.2) is 48.5 Å². The van der Waals surface area contributed by atoms with Gasteiger partial charge in [-0.3, -0.25) is 9.48 Å². The number of hydrogen-bond acceptors (Lipinski definition) is 3. The Morgan fingerprint density at radius 1 is 1.21 bits per heavy atom. The molecule has 0 unspecified atom stereocenters. The molecule has 1 aliphatic heterocycles. The second kappa shape index (κ2) is 7.91. The van der Waals surface area contributed by atoms with Crippen LogP contribution in [0.2, 0.25) is 5.02 Å². The lowest BCUT2D eigenvalue weighted by atomic mass is 10.1.